The summed E-state index contributed by atoms with van der Waals surface area (Å²) in [5.74, 6) is -2.98. The van der Waals surface area contributed by atoms with E-state index >= 15 is 0 Å². The van der Waals surface area contributed by atoms with E-state index in [1.54, 1.807) is 0 Å². The second-order valence-corrected chi connectivity index (χ2v) is 5.52. The van der Waals surface area contributed by atoms with Crippen molar-refractivity contribution in [1.29, 1.82) is 5.26 Å². The van der Waals surface area contributed by atoms with Crippen molar-refractivity contribution in [1.82, 2.24) is 4.98 Å². The van der Waals surface area contributed by atoms with Crippen LogP contribution in [0.15, 0.2) is 0 Å². The first-order valence-corrected chi connectivity index (χ1v) is 6.85. The average molecular weight is 302 g/mol. The Balaban J connectivity index is 2.17. The van der Waals surface area contributed by atoms with Crippen LogP contribution < -0.4 is 0 Å². The first-order chi connectivity index (χ1) is 10.6. The molecule has 0 unspecified atom stereocenters. The summed E-state index contributed by atoms with van der Waals surface area (Å²) in [5.41, 5.74) is 1.93. The number of esters is 2. The minimum Gasteiger partial charge on any atom is -0.469 e. The van der Waals surface area contributed by atoms with Crippen molar-refractivity contribution in [2.45, 2.75) is 18.3 Å². The van der Waals surface area contributed by atoms with E-state index < -0.39 is 23.8 Å². The van der Waals surface area contributed by atoms with E-state index in [1.807, 2.05) is 6.07 Å². The minimum absolute atomic E-state index is 0.279. The fraction of sp³-hybridized carbons (Fsp3) is 0.467. The molecule has 0 saturated heterocycles. The summed E-state index contributed by atoms with van der Waals surface area (Å²) < 4.78 is 9.65. The van der Waals surface area contributed by atoms with Crippen molar-refractivity contribution in [3.63, 3.8) is 0 Å². The zero-order valence-electron chi connectivity index (χ0n) is 12.1. The maximum absolute atomic E-state index is 12.1. The lowest BCUT2D eigenvalue weighted by atomic mass is 9.76. The highest BCUT2D eigenvalue weighted by atomic mass is 16.5. The number of carbonyl (C=O) groups is 3. The number of ether oxygens (including phenoxy) is 2. The van der Waals surface area contributed by atoms with E-state index in [0.29, 0.717) is 29.5 Å². The van der Waals surface area contributed by atoms with Gasteiger partial charge in [0.25, 0.3) is 0 Å². The van der Waals surface area contributed by atoms with Gasteiger partial charge in [-0.15, -0.1) is 0 Å². The lowest BCUT2D eigenvalue weighted by Crippen LogP contribution is -2.35. The van der Waals surface area contributed by atoms with Gasteiger partial charge in [0.1, 0.15) is 11.8 Å². The lowest BCUT2D eigenvalue weighted by Gasteiger charge is -2.27. The number of aromatic nitrogens is 1. The Hall–Kier alpha value is -2.62. The number of nitrogens with zero attached hydrogens (tertiary/aromatic N) is 1. The summed E-state index contributed by atoms with van der Waals surface area (Å²) in [4.78, 5) is 38.3. The highest BCUT2D eigenvalue weighted by Crippen LogP contribution is 2.61. The summed E-state index contributed by atoms with van der Waals surface area (Å²) in [5, 5.41) is 9.24. The molecule has 0 radical (unpaired) electrons. The van der Waals surface area contributed by atoms with Gasteiger partial charge in [-0.1, -0.05) is 0 Å². The summed E-state index contributed by atoms with van der Waals surface area (Å²) in [6, 6.07) is 2.02. The zero-order chi connectivity index (χ0) is 16.0. The van der Waals surface area contributed by atoms with Crippen LogP contribution in [0.1, 0.15) is 45.6 Å². The molecular weight excluding hydrogens is 288 g/mol. The van der Waals surface area contributed by atoms with E-state index in [9.17, 15) is 19.6 Å². The molecule has 1 N–H and O–H groups in total. The number of methoxy groups -OCH3 is 2. The molecule has 1 heterocycles. The molecule has 4 atom stereocenters. The van der Waals surface area contributed by atoms with Crippen LogP contribution in [-0.2, 0) is 19.1 Å². The summed E-state index contributed by atoms with van der Waals surface area (Å²) in [7, 11) is 2.53. The number of nitrogens with one attached hydrogen (secondary N) is 1. The number of aldehydes is 1. The third-order valence-electron chi connectivity index (χ3n) is 4.79. The molecule has 22 heavy (non-hydrogen) atoms. The lowest BCUT2D eigenvalue weighted by molar-refractivity contribution is -0.157. The molecule has 2 aliphatic carbocycles. The summed E-state index contributed by atoms with van der Waals surface area (Å²) in [6.07, 6.45) is 1.18. The van der Waals surface area contributed by atoms with E-state index in [1.165, 1.54) is 14.2 Å². The third kappa shape index (κ3) is 1.64. The molecule has 2 aliphatic rings. The number of carbonyl (C=O) groups excluding carboxylic acids is 3. The number of nitriles is 1. The van der Waals surface area contributed by atoms with Crippen LogP contribution in [0.3, 0.4) is 0 Å². The van der Waals surface area contributed by atoms with Gasteiger partial charge in [-0.25, -0.2) is 0 Å². The second-order valence-electron chi connectivity index (χ2n) is 5.52. The van der Waals surface area contributed by atoms with Crippen LogP contribution in [0.25, 0.3) is 0 Å². The van der Waals surface area contributed by atoms with Crippen molar-refractivity contribution < 1.29 is 23.9 Å². The van der Waals surface area contributed by atoms with Crippen molar-refractivity contribution in [2.75, 3.05) is 14.2 Å². The fourth-order valence-electron chi connectivity index (χ4n) is 4.07. The number of fused-ring (bicyclic) bond motifs is 5. The number of aromatic amines is 1. The van der Waals surface area contributed by atoms with Crippen LogP contribution in [0.4, 0.5) is 0 Å². The van der Waals surface area contributed by atoms with Gasteiger partial charge in [-0.2, -0.15) is 5.26 Å². The Bertz CT molecular complexity index is 714. The maximum Gasteiger partial charge on any atom is 0.310 e. The standard InChI is InChI=1S/C15H14N2O5/c1-21-14(19)12-6-3-7(13(12)15(20)22-2)11-9(5-18)17-8(4-16)10(6)11/h5-7,12-13,17H,3H2,1-2H3/t6-,7+,12-,13-/m0/s1. The first kappa shape index (κ1) is 14.3. The number of hydrogen-bond acceptors (Lipinski definition) is 6. The molecule has 1 aromatic rings. The van der Waals surface area contributed by atoms with Crippen molar-refractivity contribution in [3.8, 4) is 6.07 Å². The Labute approximate surface area is 126 Å². The van der Waals surface area contributed by atoms with Gasteiger partial charge in [0.2, 0.25) is 0 Å². The van der Waals surface area contributed by atoms with Gasteiger partial charge in [0.05, 0.1) is 31.7 Å². The van der Waals surface area contributed by atoms with Crippen molar-refractivity contribution in [2.24, 2.45) is 11.8 Å². The molecular formula is C15H14N2O5. The molecule has 7 heteroatoms. The van der Waals surface area contributed by atoms with Gasteiger partial charge in [-0.3, -0.25) is 14.4 Å². The van der Waals surface area contributed by atoms with Gasteiger partial charge < -0.3 is 14.5 Å². The van der Waals surface area contributed by atoms with Gasteiger partial charge >= 0.3 is 11.9 Å². The second kappa shape index (κ2) is 4.98. The minimum atomic E-state index is -0.684. The van der Waals surface area contributed by atoms with E-state index in [0.717, 1.165) is 0 Å². The number of hydrogen-bond donors (Lipinski definition) is 1. The Morgan fingerprint density at radius 1 is 1.18 bits per heavy atom. The Morgan fingerprint density at radius 3 is 2.18 bits per heavy atom. The maximum atomic E-state index is 12.1. The molecule has 1 saturated carbocycles. The number of H-pyrrole nitrogens is 1. The Kier molecular flexibility index (Phi) is 3.24. The summed E-state index contributed by atoms with van der Waals surface area (Å²) >= 11 is 0. The normalized spacial score (nSPS) is 27.9. The number of rotatable bonds is 3. The zero-order valence-corrected chi connectivity index (χ0v) is 12.1. The van der Waals surface area contributed by atoms with E-state index in [4.69, 9.17) is 9.47 Å². The van der Waals surface area contributed by atoms with Crippen molar-refractivity contribution >= 4 is 18.2 Å². The molecule has 2 bridgehead atoms. The molecule has 0 spiro atoms. The molecule has 0 amide bonds. The average Bonchev–Trinajstić information content (AvgIpc) is 3.20. The molecule has 1 fully saturated rings. The predicted octanol–water partition coefficient (Wildman–Crippen LogP) is 0.862. The van der Waals surface area contributed by atoms with Crippen LogP contribution in [0, 0.1) is 23.2 Å². The topological polar surface area (TPSA) is 109 Å². The summed E-state index contributed by atoms with van der Waals surface area (Å²) in [6.45, 7) is 0. The van der Waals surface area contributed by atoms with Crippen LogP contribution in [0.5, 0.6) is 0 Å². The highest BCUT2D eigenvalue weighted by Gasteiger charge is 2.59. The SMILES string of the molecule is COC(=O)[C@@H]1[C@@H](C(=O)OC)[C@H]2C[C@@H]1c1c(C=O)[nH]c(C#N)c12. The van der Waals surface area contributed by atoms with Crippen LogP contribution >= 0.6 is 0 Å². The van der Waals surface area contributed by atoms with Crippen LogP contribution in [-0.4, -0.2) is 37.4 Å². The largest absolute Gasteiger partial charge is 0.469 e. The fourth-order valence-corrected chi connectivity index (χ4v) is 4.07. The predicted molar refractivity (Wildman–Crippen MR) is 72.0 cm³/mol. The molecule has 3 rings (SSSR count). The quantitative estimate of drug-likeness (QED) is 0.655. The first-order valence-electron chi connectivity index (χ1n) is 6.85. The van der Waals surface area contributed by atoms with Gasteiger partial charge in [0, 0.05) is 11.8 Å². The molecule has 0 aliphatic heterocycles. The van der Waals surface area contributed by atoms with E-state index in [2.05, 4.69) is 4.98 Å². The molecule has 1 aromatic heterocycles. The monoisotopic (exact) mass is 302 g/mol. The van der Waals surface area contributed by atoms with E-state index in [-0.39, 0.29) is 17.5 Å². The highest BCUT2D eigenvalue weighted by molar-refractivity contribution is 5.88. The smallest absolute Gasteiger partial charge is 0.310 e. The van der Waals surface area contributed by atoms with Gasteiger partial charge in [-0.05, 0) is 17.5 Å². The van der Waals surface area contributed by atoms with Gasteiger partial charge in [0.15, 0.2) is 6.29 Å². The van der Waals surface area contributed by atoms with Crippen molar-refractivity contribution in [3.05, 3.63) is 22.5 Å². The molecule has 7 nitrogen and oxygen atoms in total. The third-order valence-corrected chi connectivity index (χ3v) is 4.79. The molecule has 0 aromatic carbocycles. The van der Waals surface area contributed by atoms with Crippen LogP contribution in [0.2, 0.25) is 0 Å². The molecule has 114 valence electrons. The Morgan fingerprint density at radius 2 is 1.73 bits per heavy atom.